The van der Waals surface area contributed by atoms with E-state index >= 15 is 0 Å². The number of guanidine groups is 1. The van der Waals surface area contributed by atoms with Crippen molar-refractivity contribution in [2.24, 2.45) is 4.99 Å². The van der Waals surface area contributed by atoms with Gasteiger partial charge in [0.1, 0.15) is 5.82 Å². The van der Waals surface area contributed by atoms with Gasteiger partial charge in [0.25, 0.3) is 0 Å². The molecule has 2 aromatic rings. The van der Waals surface area contributed by atoms with Crippen LogP contribution in [0.1, 0.15) is 25.6 Å². The number of aromatic nitrogens is 2. The van der Waals surface area contributed by atoms with Gasteiger partial charge in [0, 0.05) is 33.6 Å². The fourth-order valence-corrected chi connectivity index (χ4v) is 2.30. The average Bonchev–Trinajstić information content (AvgIpc) is 2.91. The van der Waals surface area contributed by atoms with Crippen molar-refractivity contribution >= 4 is 41.0 Å². The lowest BCUT2D eigenvalue weighted by Gasteiger charge is -2.21. The minimum atomic E-state index is 0. The molecule has 1 aromatic heterocycles. The Bertz CT molecular complexity index is 560. The third-order valence-corrected chi connectivity index (χ3v) is 3.50. The SMILES string of the molecule is CCCCN(C)C(=NC)NCCc1nc2ccccc2[nH]1.I. The van der Waals surface area contributed by atoms with E-state index in [2.05, 4.69) is 45.2 Å². The Kier molecular flexibility index (Phi) is 8.22. The second-order valence-electron chi connectivity index (χ2n) is 5.20. The second kappa shape index (κ2) is 9.66. The summed E-state index contributed by atoms with van der Waals surface area (Å²) in [6.07, 6.45) is 3.23. The summed E-state index contributed by atoms with van der Waals surface area (Å²) >= 11 is 0. The zero-order valence-electron chi connectivity index (χ0n) is 13.6. The molecular formula is C16H26IN5. The number of imidazole rings is 1. The summed E-state index contributed by atoms with van der Waals surface area (Å²) in [5, 5.41) is 3.39. The Morgan fingerprint density at radius 3 is 2.82 bits per heavy atom. The third-order valence-electron chi connectivity index (χ3n) is 3.50. The van der Waals surface area contributed by atoms with Crippen LogP contribution >= 0.6 is 24.0 Å². The van der Waals surface area contributed by atoms with Gasteiger partial charge in [-0.25, -0.2) is 4.98 Å². The first-order valence-corrected chi connectivity index (χ1v) is 7.60. The molecule has 0 aliphatic heterocycles. The first-order valence-electron chi connectivity index (χ1n) is 7.60. The van der Waals surface area contributed by atoms with Crippen LogP contribution in [0, 0.1) is 0 Å². The van der Waals surface area contributed by atoms with Crippen LogP contribution in [-0.4, -0.2) is 48.0 Å². The summed E-state index contributed by atoms with van der Waals surface area (Å²) in [6.45, 7) is 4.05. The van der Waals surface area contributed by atoms with Crippen LogP contribution < -0.4 is 5.32 Å². The molecule has 0 aliphatic rings. The van der Waals surface area contributed by atoms with Gasteiger partial charge < -0.3 is 15.2 Å². The third kappa shape index (κ3) is 5.15. The van der Waals surface area contributed by atoms with Crippen LogP contribution in [0.5, 0.6) is 0 Å². The van der Waals surface area contributed by atoms with Crippen molar-refractivity contribution in [1.29, 1.82) is 0 Å². The molecule has 0 radical (unpaired) electrons. The molecule has 2 N–H and O–H groups in total. The Hall–Kier alpha value is -1.31. The van der Waals surface area contributed by atoms with Gasteiger partial charge in [-0.2, -0.15) is 0 Å². The Morgan fingerprint density at radius 2 is 2.14 bits per heavy atom. The summed E-state index contributed by atoms with van der Waals surface area (Å²) in [5.74, 6) is 1.95. The van der Waals surface area contributed by atoms with E-state index in [1.807, 2.05) is 25.2 Å². The van der Waals surface area contributed by atoms with E-state index in [0.29, 0.717) is 0 Å². The number of para-hydroxylation sites is 2. The molecule has 5 nitrogen and oxygen atoms in total. The number of nitrogens with one attached hydrogen (secondary N) is 2. The lowest BCUT2D eigenvalue weighted by atomic mass is 10.3. The fourth-order valence-electron chi connectivity index (χ4n) is 2.30. The van der Waals surface area contributed by atoms with Gasteiger partial charge in [-0.05, 0) is 18.6 Å². The lowest BCUT2D eigenvalue weighted by Crippen LogP contribution is -2.40. The Balaban J connectivity index is 0.00000242. The topological polar surface area (TPSA) is 56.3 Å². The highest BCUT2D eigenvalue weighted by Crippen LogP contribution is 2.10. The molecule has 22 heavy (non-hydrogen) atoms. The minimum Gasteiger partial charge on any atom is -0.356 e. The molecule has 122 valence electrons. The smallest absolute Gasteiger partial charge is 0.193 e. The first kappa shape index (κ1) is 18.7. The van der Waals surface area contributed by atoms with E-state index in [9.17, 15) is 0 Å². The number of benzene rings is 1. The molecule has 1 heterocycles. The zero-order chi connectivity index (χ0) is 15.1. The van der Waals surface area contributed by atoms with Gasteiger partial charge in [0.05, 0.1) is 11.0 Å². The highest BCUT2D eigenvalue weighted by molar-refractivity contribution is 14.0. The molecule has 0 amide bonds. The summed E-state index contributed by atoms with van der Waals surface area (Å²) < 4.78 is 0. The monoisotopic (exact) mass is 415 g/mol. The number of rotatable bonds is 6. The Morgan fingerprint density at radius 1 is 1.36 bits per heavy atom. The lowest BCUT2D eigenvalue weighted by molar-refractivity contribution is 0.465. The molecule has 6 heteroatoms. The molecule has 0 aliphatic carbocycles. The number of H-pyrrole nitrogens is 1. The van der Waals surface area contributed by atoms with Crippen LogP contribution in [0.3, 0.4) is 0 Å². The maximum atomic E-state index is 4.58. The van der Waals surface area contributed by atoms with Crippen molar-refractivity contribution in [2.75, 3.05) is 27.2 Å². The molecule has 0 atom stereocenters. The molecule has 0 spiro atoms. The largest absolute Gasteiger partial charge is 0.356 e. The van der Waals surface area contributed by atoms with Gasteiger partial charge in [-0.15, -0.1) is 24.0 Å². The Labute approximate surface area is 149 Å². The standard InChI is InChI=1S/C16H25N5.HI/c1-4-5-12-21(3)16(17-2)18-11-10-15-19-13-8-6-7-9-14(13)20-15;/h6-9H,4-5,10-12H2,1-3H3,(H,17,18)(H,19,20);1H. The van der Waals surface area contributed by atoms with Crippen LogP contribution in [0.25, 0.3) is 11.0 Å². The van der Waals surface area contributed by atoms with Crippen molar-refractivity contribution in [3.05, 3.63) is 30.1 Å². The molecule has 0 bridgehead atoms. The number of hydrogen-bond acceptors (Lipinski definition) is 2. The molecule has 0 saturated carbocycles. The number of aromatic amines is 1. The fraction of sp³-hybridized carbons (Fsp3) is 0.500. The number of aliphatic imine (C=N–C) groups is 1. The summed E-state index contributed by atoms with van der Waals surface area (Å²) in [7, 11) is 3.90. The predicted octanol–water partition coefficient (Wildman–Crippen LogP) is 3.03. The molecule has 2 rings (SSSR count). The summed E-state index contributed by atoms with van der Waals surface area (Å²) in [4.78, 5) is 14.4. The number of unbranched alkanes of at least 4 members (excludes halogenated alkanes) is 1. The van der Waals surface area contributed by atoms with Crippen LogP contribution in [0.2, 0.25) is 0 Å². The van der Waals surface area contributed by atoms with Crippen molar-refractivity contribution in [2.45, 2.75) is 26.2 Å². The summed E-state index contributed by atoms with van der Waals surface area (Å²) in [6, 6.07) is 8.11. The van der Waals surface area contributed by atoms with E-state index in [1.165, 1.54) is 12.8 Å². The van der Waals surface area contributed by atoms with Gasteiger partial charge in [-0.1, -0.05) is 25.5 Å². The van der Waals surface area contributed by atoms with E-state index < -0.39 is 0 Å². The van der Waals surface area contributed by atoms with Crippen molar-refractivity contribution < 1.29 is 0 Å². The molecule has 0 fully saturated rings. The van der Waals surface area contributed by atoms with E-state index in [0.717, 1.165) is 42.3 Å². The van der Waals surface area contributed by atoms with Crippen LogP contribution in [0.4, 0.5) is 0 Å². The minimum absolute atomic E-state index is 0. The number of hydrogen-bond donors (Lipinski definition) is 2. The van der Waals surface area contributed by atoms with Crippen molar-refractivity contribution in [1.82, 2.24) is 20.2 Å². The number of fused-ring (bicyclic) bond motifs is 1. The maximum Gasteiger partial charge on any atom is 0.193 e. The van der Waals surface area contributed by atoms with Crippen LogP contribution in [0.15, 0.2) is 29.3 Å². The summed E-state index contributed by atoms with van der Waals surface area (Å²) in [5.41, 5.74) is 2.12. The number of halogens is 1. The quantitative estimate of drug-likeness (QED) is 0.433. The second-order valence-corrected chi connectivity index (χ2v) is 5.20. The van der Waals surface area contributed by atoms with Crippen LogP contribution in [-0.2, 0) is 6.42 Å². The van der Waals surface area contributed by atoms with Crippen molar-refractivity contribution in [3.63, 3.8) is 0 Å². The van der Waals surface area contributed by atoms with Gasteiger partial charge in [0.15, 0.2) is 5.96 Å². The predicted molar refractivity (Wildman–Crippen MR) is 104 cm³/mol. The zero-order valence-corrected chi connectivity index (χ0v) is 15.9. The maximum absolute atomic E-state index is 4.58. The number of nitrogens with zero attached hydrogens (tertiary/aromatic N) is 3. The van der Waals surface area contributed by atoms with E-state index in [-0.39, 0.29) is 24.0 Å². The normalized spacial score (nSPS) is 11.3. The molecule has 0 saturated heterocycles. The van der Waals surface area contributed by atoms with E-state index in [1.54, 1.807) is 0 Å². The van der Waals surface area contributed by atoms with Gasteiger partial charge in [-0.3, -0.25) is 4.99 Å². The molecular weight excluding hydrogens is 389 g/mol. The van der Waals surface area contributed by atoms with Gasteiger partial charge in [0.2, 0.25) is 0 Å². The van der Waals surface area contributed by atoms with E-state index in [4.69, 9.17) is 0 Å². The van der Waals surface area contributed by atoms with Gasteiger partial charge >= 0.3 is 0 Å². The average molecular weight is 415 g/mol. The molecule has 0 unspecified atom stereocenters. The highest BCUT2D eigenvalue weighted by Gasteiger charge is 2.06. The molecule has 1 aromatic carbocycles. The van der Waals surface area contributed by atoms with Crippen molar-refractivity contribution in [3.8, 4) is 0 Å². The highest BCUT2D eigenvalue weighted by atomic mass is 127. The first-order chi connectivity index (χ1) is 10.2.